The summed E-state index contributed by atoms with van der Waals surface area (Å²) in [4.78, 5) is 0. The van der Waals surface area contributed by atoms with E-state index in [2.05, 4.69) is 5.10 Å². The minimum absolute atomic E-state index is 0.0644. The second-order valence-corrected chi connectivity index (χ2v) is 3.96. The number of halogens is 3. The molecule has 2 rings (SSSR count). The molecule has 2 aromatic rings. The Morgan fingerprint density at radius 2 is 1.61 bits per heavy atom. The summed E-state index contributed by atoms with van der Waals surface area (Å²) in [5, 5.41) is 4.19. The molecule has 5 heteroatoms. The Bertz CT molecular complexity index is 576. The summed E-state index contributed by atoms with van der Waals surface area (Å²) in [5.74, 6) is -3.10. The summed E-state index contributed by atoms with van der Waals surface area (Å²) in [6, 6.07) is 3.20. The van der Waals surface area contributed by atoms with E-state index in [0.29, 0.717) is 18.9 Å². The maximum atomic E-state index is 13.7. The van der Waals surface area contributed by atoms with Gasteiger partial charge in [0.15, 0.2) is 17.5 Å². The molecule has 2 nitrogen and oxygen atoms in total. The lowest BCUT2D eigenvalue weighted by molar-refractivity contribution is 0.490. The van der Waals surface area contributed by atoms with Gasteiger partial charge in [-0.1, -0.05) is 13.8 Å². The molecule has 0 aliphatic rings. The molecule has 0 fully saturated rings. The SMILES string of the molecule is CCc1cc(CC)n(-c2cc(F)c(F)cc2F)n1. The molecular weight excluding hydrogens is 241 g/mol. The van der Waals surface area contributed by atoms with Crippen molar-refractivity contribution < 1.29 is 13.2 Å². The topological polar surface area (TPSA) is 17.8 Å². The first-order valence-electron chi connectivity index (χ1n) is 5.79. The van der Waals surface area contributed by atoms with Crippen molar-refractivity contribution in [3.05, 3.63) is 47.0 Å². The molecule has 0 bridgehead atoms. The first-order valence-corrected chi connectivity index (χ1v) is 5.79. The third-order valence-electron chi connectivity index (χ3n) is 2.78. The molecule has 0 aliphatic carbocycles. The molecule has 1 heterocycles. The van der Waals surface area contributed by atoms with Crippen molar-refractivity contribution in [2.24, 2.45) is 0 Å². The zero-order valence-corrected chi connectivity index (χ0v) is 10.2. The van der Waals surface area contributed by atoms with Crippen LogP contribution >= 0.6 is 0 Å². The fraction of sp³-hybridized carbons (Fsp3) is 0.308. The minimum Gasteiger partial charge on any atom is -0.234 e. The number of aryl methyl sites for hydroxylation is 2. The Hall–Kier alpha value is -1.78. The molecular formula is C13H13F3N2. The van der Waals surface area contributed by atoms with Crippen molar-refractivity contribution >= 4 is 0 Å². The highest BCUT2D eigenvalue weighted by Crippen LogP contribution is 2.20. The largest absolute Gasteiger partial charge is 0.234 e. The van der Waals surface area contributed by atoms with Crippen molar-refractivity contribution in [2.45, 2.75) is 26.7 Å². The first kappa shape index (κ1) is 12.7. The van der Waals surface area contributed by atoms with E-state index in [1.807, 2.05) is 19.9 Å². The lowest BCUT2D eigenvalue weighted by Crippen LogP contribution is -2.06. The van der Waals surface area contributed by atoms with Crippen LogP contribution in [0.4, 0.5) is 13.2 Å². The lowest BCUT2D eigenvalue weighted by Gasteiger charge is -2.07. The van der Waals surface area contributed by atoms with Gasteiger partial charge >= 0.3 is 0 Å². The molecule has 0 atom stereocenters. The summed E-state index contributed by atoms with van der Waals surface area (Å²) in [6.45, 7) is 3.82. The number of hydrogen-bond acceptors (Lipinski definition) is 1. The maximum Gasteiger partial charge on any atom is 0.161 e. The van der Waals surface area contributed by atoms with E-state index in [-0.39, 0.29) is 5.69 Å². The molecule has 0 saturated heterocycles. The highest BCUT2D eigenvalue weighted by Gasteiger charge is 2.15. The van der Waals surface area contributed by atoms with Gasteiger partial charge in [0.1, 0.15) is 5.69 Å². The Morgan fingerprint density at radius 1 is 0.944 bits per heavy atom. The van der Waals surface area contributed by atoms with Crippen molar-refractivity contribution in [3.8, 4) is 5.69 Å². The van der Waals surface area contributed by atoms with Crippen LogP contribution in [0.2, 0.25) is 0 Å². The average Bonchev–Trinajstić information content (AvgIpc) is 2.77. The van der Waals surface area contributed by atoms with Gasteiger partial charge in [-0.25, -0.2) is 17.9 Å². The lowest BCUT2D eigenvalue weighted by atomic mass is 10.2. The summed E-state index contributed by atoms with van der Waals surface area (Å²) >= 11 is 0. The van der Waals surface area contributed by atoms with Gasteiger partial charge in [0.25, 0.3) is 0 Å². The van der Waals surface area contributed by atoms with Crippen LogP contribution in [0, 0.1) is 17.5 Å². The zero-order valence-electron chi connectivity index (χ0n) is 10.2. The Labute approximate surface area is 103 Å². The molecule has 0 radical (unpaired) electrons. The summed E-state index contributed by atoms with van der Waals surface area (Å²) < 4.78 is 41.1. The zero-order chi connectivity index (χ0) is 13.3. The molecule has 18 heavy (non-hydrogen) atoms. The number of hydrogen-bond donors (Lipinski definition) is 0. The van der Waals surface area contributed by atoms with Gasteiger partial charge in [0.05, 0.1) is 5.69 Å². The molecule has 1 aromatic carbocycles. The highest BCUT2D eigenvalue weighted by atomic mass is 19.2. The summed E-state index contributed by atoms with van der Waals surface area (Å²) in [7, 11) is 0. The van der Waals surface area contributed by atoms with Gasteiger partial charge in [-0.2, -0.15) is 5.10 Å². The standard InChI is InChI=1S/C13H13F3N2/c1-3-8-5-9(4-2)18(17-8)13-7-11(15)10(14)6-12(13)16/h5-7H,3-4H2,1-2H3. The van der Waals surface area contributed by atoms with E-state index in [1.54, 1.807) is 0 Å². The fourth-order valence-corrected chi connectivity index (χ4v) is 1.78. The minimum atomic E-state index is -1.20. The molecule has 0 unspecified atom stereocenters. The highest BCUT2D eigenvalue weighted by molar-refractivity contribution is 5.36. The number of nitrogens with zero attached hydrogens (tertiary/aromatic N) is 2. The summed E-state index contributed by atoms with van der Waals surface area (Å²) in [5.41, 5.74) is 1.48. The van der Waals surface area contributed by atoms with Crippen molar-refractivity contribution in [2.75, 3.05) is 0 Å². The number of benzene rings is 1. The van der Waals surface area contributed by atoms with E-state index in [1.165, 1.54) is 4.68 Å². The Balaban J connectivity index is 2.60. The molecule has 0 spiro atoms. The van der Waals surface area contributed by atoms with Gasteiger partial charge < -0.3 is 0 Å². The van der Waals surface area contributed by atoms with Crippen LogP contribution in [0.15, 0.2) is 18.2 Å². The van der Waals surface area contributed by atoms with Crippen LogP contribution in [-0.2, 0) is 12.8 Å². The predicted octanol–water partition coefficient (Wildman–Crippen LogP) is 3.41. The van der Waals surface area contributed by atoms with E-state index in [4.69, 9.17) is 0 Å². The van der Waals surface area contributed by atoms with Gasteiger partial charge in [-0.05, 0) is 18.9 Å². The van der Waals surface area contributed by atoms with Crippen LogP contribution < -0.4 is 0 Å². The van der Waals surface area contributed by atoms with E-state index in [9.17, 15) is 13.2 Å². The van der Waals surface area contributed by atoms with Crippen molar-refractivity contribution in [1.82, 2.24) is 9.78 Å². The second-order valence-electron chi connectivity index (χ2n) is 3.96. The van der Waals surface area contributed by atoms with Gasteiger partial charge in [0, 0.05) is 17.8 Å². The second kappa shape index (κ2) is 4.84. The van der Waals surface area contributed by atoms with Crippen LogP contribution in [-0.4, -0.2) is 9.78 Å². The van der Waals surface area contributed by atoms with Crippen LogP contribution in [0.1, 0.15) is 25.2 Å². The summed E-state index contributed by atoms with van der Waals surface area (Å²) in [6.07, 6.45) is 1.33. The maximum absolute atomic E-state index is 13.7. The molecule has 96 valence electrons. The molecule has 0 N–H and O–H groups in total. The molecule has 0 amide bonds. The van der Waals surface area contributed by atoms with Crippen molar-refractivity contribution in [3.63, 3.8) is 0 Å². The average molecular weight is 254 g/mol. The normalized spacial score (nSPS) is 10.9. The van der Waals surface area contributed by atoms with Crippen molar-refractivity contribution in [1.29, 1.82) is 0 Å². The molecule has 0 aliphatic heterocycles. The fourth-order valence-electron chi connectivity index (χ4n) is 1.78. The van der Waals surface area contributed by atoms with Crippen LogP contribution in [0.5, 0.6) is 0 Å². The quantitative estimate of drug-likeness (QED) is 0.767. The molecule has 0 saturated carbocycles. The Morgan fingerprint density at radius 3 is 2.22 bits per heavy atom. The van der Waals surface area contributed by atoms with E-state index >= 15 is 0 Å². The first-order chi connectivity index (χ1) is 8.56. The number of aromatic nitrogens is 2. The smallest absolute Gasteiger partial charge is 0.161 e. The predicted molar refractivity (Wildman–Crippen MR) is 62.2 cm³/mol. The Kier molecular flexibility index (Phi) is 3.41. The third-order valence-corrected chi connectivity index (χ3v) is 2.78. The van der Waals surface area contributed by atoms with Crippen LogP contribution in [0.25, 0.3) is 5.69 Å². The van der Waals surface area contributed by atoms with Gasteiger partial charge in [0.2, 0.25) is 0 Å². The van der Waals surface area contributed by atoms with Gasteiger partial charge in [-0.15, -0.1) is 0 Å². The van der Waals surface area contributed by atoms with E-state index in [0.717, 1.165) is 17.5 Å². The third kappa shape index (κ3) is 2.12. The molecule has 1 aromatic heterocycles. The number of rotatable bonds is 3. The van der Waals surface area contributed by atoms with Gasteiger partial charge in [-0.3, -0.25) is 0 Å². The monoisotopic (exact) mass is 254 g/mol. The van der Waals surface area contributed by atoms with E-state index < -0.39 is 17.5 Å². The van der Waals surface area contributed by atoms with Crippen LogP contribution in [0.3, 0.4) is 0 Å².